The summed E-state index contributed by atoms with van der Waals surface area (Å²) < 4.78 is 46.7. The third kappa shape index (κ3) is 7.10. The second kappa shape index (κ2) is 13.3. The van der Waals surface area contributed by atoms with Crippen LogP contribution in [0.25, 0.3) is 33.8 Å². The number of alkyl halides is 3. The average molecular weight is 771 g/mol. The highest BCUT2D eigenvalue weighted by atomic mass is 79.9. The van der Waals surface area contributed by atoms with Gasteiger partial charge in [-0.25, -0.2) is 14.8 Å². The molecule has 0 bridgehead atoms. The van der Waals surface area contributed by atoms with Crippen LogP contribution in [0.15, 0.2) is 94.1 Å². The molecule has 0 saturated heterocycles. The summed E-state index contributed by atoms with van der Waals surface area (Å²) in [7, 11) is 0. The summed E-state index contributed by atoms with van der Waals surface area (Å²) in [5.74, 6) is -2.24. The first-order valence-corrected chi connectivity index (χ1v) is 15.0. The Morgan fingerprint density at radius 2 is 1.39 bits per heavy atom. The summed E-state index contributed by atoms with van der Waals surface area (Å²) in [6.45, 7) is -0.651. The van der Waals surface area contributed by atoms with E-state index in [-0.39, 0.29) is 6.61 Å². The Morgan fingerprint density at radius 3 is 2.02 bits per heavy atom. The van der Waals surface area contributed by atoms with E-state index in [2.05, 4.69) is 46.6 Å². The Labute approximate surface area is 275 Å². The summed E-state index contributed by atoms with van der Waals surface area (Å²) in [6.07, 6.45) is -1.59. The largest absolute Gasteiger partial charge is 0.490 e. The fourth-order valence-corrected chi connectivity index (χ4v) is 5.20. The molecule has 0 amide bonds. The Balaban J connectivity index is 0.000000181. The summed E-state index contributed by atoms with van der Waals surface area (Å²) in [5.41, 5.74) is 5.10. The van der Waals surface area contributed by atoms with Gasteiger partial charge in [0.1, 0.15) is 17.9 Å². The van der Waals surface area contributed by atoms with Gasteiger partial charge in [0.25, 0.3) is 0 Å². The van der Waals surface area contributed by atoms with Crippen molar-refractivity contribution in [2.75, 3.05) is 0 Å². The van der Waals surface area contributed by atoms with E-state index in [9.17, 15) is 23.1 Å². The summed E-state index contributed by atoms with van der Waals surface area (Å²) in [5, 5.41) is 10.9. The molecule has 0 spiro atoms. The van der Waals surface area contributed by atoms with Crippen molar-refractivity contribution in [3.8, 4) is 22.5 Å². The van der Waals surface area contributed by atoms with Gasteiger partial charge in [-0.2, -0.15) is 13.2 Å². The van der Waals surface area contributed by atoms with Crippen LogP contribution >= 0.6 is 55.1 Å². The standard InChI is InChI=1S/C16H9Br2F3N2O2.C14H10Cl2N2O/c17-10-3-1-9(2-4-10)14-12(8-25-15(24)16(19,20)21)23-7-11(18)5-6-13(23)22-14;15-10-3-1-9(2-4-10)14-12(8-19)18-6-5-11(16)7-13(18)17-14/h1-7H,8H2;1-7,19H,8H2. The van der Waals surface area contributed by atoms with E-state index in [4.69, 9.17) is 23.2 Å². The molecule has 1 N–H and O–H groups in total. The van der Waals surface area contributed by atoms with Crippen LogP contribution in [0.1, 0.15) is 11.4 Å². The summed E-state index contributed by atoms with van der Waals surface area (Å²) in [6, 6.07) is 21.5. The van der Waals surface area contributed by atoms with Gasteiger partial charge in [0.2, 0.25) is 0 Å². The van der Waals surface area contributed by atoms with Crippen LogP contribution in [0.4, 0.5) is 13.2 Å². The average Bonchev–Trinajstić information content (AvgIpc) is 3.53. The number of nitrogens with zero attached hydrogens (tertiary/aromatic N) is 4. The molecule has 4 aromatic heterocycles. The Kier molecular flexibility index (Phi) is 9.66. The van der Waals surface area contributed by atoms with Crippen LogP contribution < -0.4 is 0 Å². The number of aliphatic hydroxyl groups excluding tert-OH is 1. The quantitative estimate of drug-likeness (QED) is 0.177. The van der Waals surface area contributed by atoms with Crippen LogP contribution in [0.2, 0.25) is 10.0 Å². The molecule has 44 heavy (non-hydrogen) atoms. The molecule has 226 valence electrons. The monoisotopic (exact) mass is 768 g/mol. The minimum absolute atomic E-state index is 0.0965. The Hall–Kier alpha value is -3.42. The van der Waals surface area contributed by atoms with Gasteiger partial charge in [-0.1, -0.05) is 63.4 Å². The molecule has 0 aliphatic rings. The van der Waals surface area contributed by atoms with Crippen molar-refractivity contribution in [3.05, 3.63) is 116 Å². The third-order valence-electron chi connectivity index (χ3n) is 6.33. The lowest BCUT2D eigenvalue weighted by Crippen LogP contribution is -2.25. The number of fused-ring (bicyclic) bond motifs is 2. The first kappa shape index (κ1) is 32.0. The van der Waals surface area contributed by atoms with Crippen LogP contribution in [0, 0.1) is 0 Å². The molecule has 14 heteroatoms. The smallest absolute Gasteiger partial charge is 0.453 e. The third-order valence-corrected chi connectivity index (χ3v) is 7.81. The minimum atomic E-state index is -5.04. The predicted molar refractivity (Wildman–Crippen MR) is 168 cm³/mol. The SMILES string of the molecule is O=C(OCc1c(-c2ccc(Br)cc2)nc2ccc(Br)cn12)C(F)(F)F.OCc1c(-c2ccc(Cl)cc2)nc2cc(Cl)ccn12. The number of aromatic nitrogens is 4. The number of carbonyl (C=O) groups is 1. The van der Waals surface area contributed by atoms with E-state index in [1.54, 1.807) is 77.5 Å². The van der Waals surface area contributed by atoms with Crippen molar-refractivity contribution in [1.29, 1.82) is 0 Å². The maximum absolute atomic E-state index is 12.4. The molecule has 0 fully saturated rings. The van der Waals surface area contributed by atoms with Crippen LogP contribution in [-0.2, 0) is 22.7 Å². The van der Waals surface area contributed by atoms with Crippen LogP contribution in [-0.4, -0.2) is 36.0 Å². The molecule has 2 aromatic carbocycles. The number of esters is 1. The van der Waals surface area contributed by atoms with Gasteiger partial charge in [0.05, 0.1) is 29.4 Å². The minimum Gasteiger partial charge on any atom is -0.453 e. The molecule has 0 atom stereocenters. The first-order valence-electron chi connectivity index (χ1n) is 12.6. The molecule has 0 aliphatic heterocycles. The Morgan fingerprint density at radius 1 is 0.795 bits per heavy atom. The number of hydrogen-bond acceptors (Lipinski definition) is 5. The highest BCUT2D eigenvalue weighted by Crippen LogP contribution is 2.29. The van der Waals surface area contributed by atoms with Crippen molar-refractivity contribution in [2.24, 2.45) is 0 Å². The highest BCUT2D eigenvalue weighted by molar-refractivity contribution is 9.10. The van der Waals surface area contributed by atoms with Crippen molar-refractivity contribution in [2.45, 2.75) is 19.4 Å². The molecule has 4 heterocycles. The number of halogens is 7. The lowest BCUT2D eigenvalue weighted by Gasteiger charge is -2.09. The number of rotatable bonds is 5. The number of imidazole rings is 2. The van der Waals surface area contributed by atoms with Crippen molar-refractivity contribution in [1.82, 2.24) is 18.8 Å². The van der Waals surface area contributed by atoms with Gasteiger partial charge < -0.3 is 14.2 Å². The number of carbonyl (C=O) groups excluding carboxylic acids is 1. The molecule has 0 saturated carbocycles. The molecule has 0 aliphatic carbocycles. The predicted octanol–water partition coefficient (Wildman–Crippen LogP) is 8.93. The van der Waals surface area contributed by atoms with Crippen molar-refractivity contribution in [3.63, 3.8) is 0 Å². The van der Waals surface area contributed by atoms with Crippen molar-refractivity contribution < 1.29 is 27.8 Å². The summed E-state index contributed by atoms with van der Waals surface area (Å²) in [4.78, 5) is 20.0. The second-order valence-corrected chi connectivity index (χ2v) is 11.9. The second-order valence-electron chi connectivity index (χ2n) is 9.21. The molecule has 6 aromatic rings. The highest BCUT2D eigenvalue weighted by Gasteiger charge is 2.41. The van der Waals surface area contributed by atoms with Gasteiger partial charge in [-0.05, 0) is 58.4 Å². The van der Waals surface area contributed by atoms with Gasteiger partial charge in [0.15, 0.2) is 0 Å². The molecule has 0 unspecified atom stereocenters. The molecular formula is C30H19Br2Cl2F3N4O3. The molecule has 7 nitrogen and oxygen atoms in total. The van der Waals surface area contributed by atoms with Gasteiger partial charge in [0, 0.05) is 48.6 Å². The number of hydrogen-bond donors (Lipinski definition) is 1. The van der Waals surface area contributed by atoms with Crippen molar-refractivity contribution >= 4 is 72.3 Å². The lowest BCUT2D eigenvalue weighted by atomic mass is 10.1. The zero-order valence-corrected chi connectivity index (χ0v) is 26.9. The number of pyridine rings is 2. The molecule has 0 radical (unpaired) electrons. The molecular weight excluding hydrogens is 752 g/mol. The maximum atomic E-state index is 12.4. The number of benzene rings is 2. The van der Waals surface area contributed by atoms with E-state index in [1.165, 1.54) is 0 Å². The van der Waals surface area contributed by atoms with E-state index >= 15 is 0 Å². The van der Waals surface area contributed by atoms with Gasteiger partial charge in [-0.3, -0.25) is 4.40 Å². The van der Waals surface area contributed by atoms with Gasteiger partial charge in [-0.15, -0.1) is 0 Å². The molecule has 6 rings (SSSR count). The van der Waals surface area contributed by atoms with E-state index in [0.29, 0.717) is 42.8 Å². The van der Waals surface area contributed by atoms with E-state index in [0.717, 1.165) is 21.4 Å². The van der Waals surface area contributed by atoms with E-state index < -0.39 is 18.8 Å². The number of ether oxygens (including phenoxy) is 1. The fraction of sp³-hybridized carbons (Fsp3) is 0.100. The van der Waals surface area contributed by atoms with E-state index in [1.807, 2.05) is 16.5 Å². The topological polar surface area (TPSA) is 81.1 Å². The number of aliphatic hydroxyl groups is 1. The zero-order valence-electron chi connectivity index (χ0n) is 22.2. The zero-order chi connectivity index (χ0) is 31.6. The van der Waals surface area contributed by atoms with Gasteiger partial charge >= 0.3 is 12.1 Å². The first-order chi connectivity index (χ1) is 20.9. The van der Waals surface area contributed by atoms with Crippen LogP contribution in [0.5, 0.6) is 0 Å². The summed E-state index contributed by atoms with van der Waals surface area (Å²) >= 11 is 18.5. The normalized spacial score (nSPS) is 11.5. The maximum Gasteiger partial charge on any atom is 0.490 e. The Bertz CT molecular complexity index is 1960. The van der Waals surface area contributed by atoms with Crippen LogP contribution in [0.3, 0.4) is 0 Å². The fourth-order valence-electron chi connectivity index (χ4n) is 4.32. The lowest BCUT2D eigenvalue weighted by molar-refractivity contribution is -0.201.